The number of nitrogens with zero attached hydrogens (tertiary/aromatic N) is 1. The molecular weight excluding hydrogens is 560 g/mol. The van der Waals surface area contributed by atoms with Gasteiger partial charge in [-0.2, -0.15) is 8.78 Å². The van der Waals surface area contributed by atoms with Gasteiger partial charge in [-0.05, 0) is 49.3 Å². The van der Waals surface area contributed by atoms with E-state index in [2.05, 4.69) is 45.3 Å². The zero-order valence-corrected chi connectivity index (χ0v) is 20.0. The van der Waals surface area contributed by atoms with Crippen LogP contribution < -0.4 is 4.74 Å². The van der Waals surface area contributed by atoms with E-state index in [9.17, 15) is 22.0 Å². The summed E-state index contributed by atoms with van der Waals surface area (Å²) in [5.74, 6) is -5.47. The Balaban J connectivity index is 1.56. The maximum absolute atomic E-state index is 14.6. The van der Waals surface area contributed by atoms with Crippen LogP contribution in [0.4, 0.5) is 22.0 Å². The van der Waals surface area contributed by atoms with Gasteiger partial charge in [-0.15, -0.1) is 11.3 Å². The molecule has 1 aliphatic carbocycles. The topological polar surface area (TPSA) is 22.1 Å². The smallest absolute Gasteiger partial charge is 0.427 e. The van der Waals surface area contributed by atoms with E-state index in [4.69, 9.17) is 0 Å². The van der Waals surface area contributed by atoms with Crippen molar-refractivity contribution in [1.82, 2.24) is 4.98 Å². The third-order valence-electron chi connectivity index (χ3n) is 5.54. The standard InChI is InChI=1S/C23H19F5INOS/c1-2-18(29)13-5-3-12(4-6-13)14-7-8-19-20(9-14)32-22(30-19)23(27,28)31-15-10-16(24)21(26)17(25)11-15/h5,7-12,18H,2-4,6H2,1H3. The van der Waals surface area contributed by atoms with E-state index in [1.165, 1.54) is 5.57 Å². The summed E-state index contributed by atoms with van der Waals surface area (Å²) in [6, 6.07) is 6.22. The van der Waals surface area contributed by atoms with Crippen molar-refractivity contribution in [3.63, 3.8) is 0 Å². The van der Waals surface area contributed by atoms with Crippen LogP contribution in [-0.4, -0.2) is 8.91 Å². The Hall–Kier alpha value is -1.75. The third-order valence-corrected chi connectivity index (χ3v) is 8.29. The van der Waals surface area contributed by atoms with Crippen molar-refractivity contribution in [2.24, 2.45) is 0 Å². The fourth-order valence-corrected chi connectivity index (χ4v) is 5.30. The van der Waals surface area contributed by atoms with Crippen LogP contribution in [0.15, 0.2) is 42.0 Å². The number of alkyl halides is 3. The molecule has 1 heterocycles. The lowest BCUT2D eigenvalue weighted by molar-refractivity contribution is -0.185. The lowest BCUT2D eigenvalue weighted by Crippen LogP contribution is -2.21. The van der Waals surface area contributed by atoms with Crippen molar-refractivity contribution < 1.29 is 26.7 Å². The summed E-state index contributed by atoms with van der Waals surface area (Å²) in [5.41, 5.74) is 2.92. The largest absolute Gasteiger partial charge is 0.454 e. The number of halogens is 6. The van der Waals surface area contributed by atoms with Crippen LogP contribution in [0.3, 0.4) is 0 Å². The van der Waals surface area contributed by atoms with Gasteiger partial charge in [0.05, 0.1) is 10.2 Å². The zero-order chi connectivity index (χ0) is 23.0. The third kappa shape index (κ3) is 4.78. The normalized spacial score (nSPS) is 18.0. The van der Waals surface area contributed by atoms with E-state index >= 15 is 0 Å². The summed E-state index contributed by atoms with van der Waals surface area (Å²) in [5, 5.41) is -0.642. The number of allylic oxidation sites excluding steroid dienone is 2. The summed E-state index contributed by atoms with van der Waals surface area (Å²) < 4.78 is 74.6. The molecule has 9 heteroatoms. The Morgan fingerprint density at radius 1 is 1.19 bits per heavy atom. The first-order chi connectivity index (χ1) is 15.2. The summed E-state index contributed by atoms with van der Waals surface area (Å²) in [4.78, 5) is 3.94. The molecule has 1 aliphatic rings. The van der Waals surface area contributed by atoms with Crippen molar-refractivity contribution in [1.29, 1.82) is 0 Å². The number of aromatic nitrogens is 1. The molecule has 0 amide bonds. The Morgan fingerprint density at radius 2 is 1.91 bits per heavy atom. The van der Waals surface area contributed by atoms with E-state index in [0.717, 1.165) is 42.6 Å². The molecule has 3 aromatic rings. The van der Waals surface area contributed by atoms with E-state index in [1.54, 1.807) is 6.07 Å². The second kappa shape index (κ2) is 9.24. The van der Waals surface area contributed by atoms with E-state index < -0.39 is 34.3 Å². The molecule has 0 spiro atoms. The van der Waals surface area contributed by atoms with E-state index in [0.29, 0.717) is 32.2 Å². The molecule has 0 radical (unpaired) electrons. The molecule has 0 saturated carbocycles. The quantitative estimate of drug-likeness (QED) is 0.0965. The molecule has 0 aliphatic heterocycles. The van der Waals surface area contributed by atoms with Crippen LogP contribution in [0.5, 0.6) is 5.75 Å². The average molecular weight is 579 g/mol. The summed E-state index contributed by atoms with van der Waals surface area (Å²) in [7, 11) is 0. The van der Waals surface area contributed by atoms with Gasteiger partial charge < -0.3 is 4.74 Å². The van der Waals surface area contributed by atoms with Gasteiger partial charge in [0.2, 0.25) is 5.01 Å². The van der Waals surface area contributed by atoms with Crippen LogP contribution in [0.25, 0.3) is 10.2 Å². The molecule has 2 unspecified atom stereocenters. The fourth-order valence-electron chi connectivity index (χ4n) is 3.81. The monoisotopic (exact) mass is 579 g/mol. The lowest BCUT2D eigenvalue weighted by atomic mass is 9.83. The Bertz CT molecular complexity index is 1160. The van der Waals surface area contributed by atoms with Crippen molar-refractivity contribution in [3.05, 3.63) is 70.0 Å². The van der Waals surface area contributed by atoms with E-state index in [1.807, 2.05) is 12.1 Å². The number of ether oxygens (including phenoxy) is 1. The first-order valence-electron chi connectivity index (χ1n) is 10.1. The highest BCUT2D eigenvalue weighted by molar-refractivity contribution is 14.1. The fraction of sp³-hybridized carbons (Fsp3) is 0.348. The number of rotatable bonds is 6. The second-order valence-electron chi connectivity index (χ2n) is 7.69. The molecular formula is C23H19F5INOS. The van der Waals surface area contributed by atoms with Crippen molar-refractivity contribution in [3.8, 4) is 5.75 Å². The van der Waals surface area contributed by atoms with Crippen LogP contribution in [0, 0.1) is 17.5 Å². The molecule has 1 aromatic heterocycles. The SMILES string of the molecule is CCC(I)C1=CCC(c2ccc3nc(C(F)(F)Oc4cc(F)c(F)c(F)c4)sc3c2)CC1. The van der Waals surface area contributed by atoms with Gasteiger partial charge in [0.25, 0.3) is 0 Å². The Labute approximate surface area is 199 Å². The van der Waals surface area contributed by atoms with Gasteiger partial charge in [-0.1, -0.05) is 47.2 Å². The highest BCUT2D eigenvalue weighted by Crippen LogP contribution is 2.40. The zero-order valence-electron chi connectivity index (χ0n) is 17.0. The number of hydrogen-bond acceptors (Lipinski definition) is 3. The average Bonchev–Trinajstić information content (AvgIpc) is 3.21. The first kappa shape index (κ1) is 23.4. The van der Waals surface area contributed by atoms with Gasteiger partial charge in [0.1, 0.15) is 5.75 Å². The number of fused-ring (bicyclic) bond motifs is 1. The summed E-state index contributed by atoms with van der Waals surface area (Å²) in [6.45, 7) is 2.17. The van der Waals surface area contributed by atoms with Crippen molar-refractivity contribution in [2.75, 3.05) is 0 Å². The Kier molecular flexibility index (Phi) is 6.76. The first-order valence-corrected chi connectivity index (χ1v) is 12.2. The maximum atomic E-state index is 14.6. The molecule has 32 heavy (non-hydrogen) atoms. The van der Waals surface area contributed by atoms with Gasteiger partial charge in [0.15, 0.2) is 17.5 Å². The van der Waals surface area contributed by atoms with Crippen LogP contribution in [0.1, 0.15) is 49.1 Å². The molecule has 4 rings (SSSR count). The summed E-state index contributed by atoms with van der Waals surface area (Å²) in [6.07, 6.45) is 2.39. The highest BCUT2D eigenvalue weighted by Gasteiger charge is 2.39. The molecule has 2 nitrogen and oxygen atoms in total. The van der Waals surface area contributed by atoms with Crippen LogP contribution >= 0.6 is 33.9 Å². The number of hydrogen-bond donors (Lipinski definition) is 0. The molecule has 2 aromatic carbocycles. The lowest BCUT2D eigenvalue weighted by Gasteiger charge is -2.24. The minimum atomic E-state index is -3.93. The predicted octanol–water partition coefficient (Wildman–Crippen LogP) is 8.25. The van der Waals surface area contributed by atoms with Gasteiger partial charge in [0, 0.05) is 16.1 Å². The van der Waals surface area contributed by atoms with Crippen molar-refractivity contribution in [2.45, 2.75) is 48.6 Å². The number of thiazole rings is 1. The second-order valence-corrected chi connectivity index (χ2v) is 10.2. The highest BCUT2D eigenvalue weighted by atomic mass is 127. The molecule has 0 N–H and O–H groups in total. The molecule has 0 bridgehead atoms. The minimum absolute atomic E-state index is 0.316. The molecule has 170 valence electrons. The minimum Gasteiger partial charge on any atom is -0.427 e. The van der Waals surface area contributed by atoms with Crippen LogP contribution in [-0.2, 0) is 6.11 Å². The molecule has 0 fully saturated rings. The van der Waals surface area contributed by atoms with E-state index in [-0.39, 0.29) is 0 Å². The molecule has 0 saturated heterocycles. The summed E-state index contributed by atoms with van der Waals surface area (Å²) >= 11 is 3.22. The van der Waals surface area contributed by atoms with Gasteiger partial charge in [-0.3, -0.25) is 0 Å². The number of benzene rings is 2. The van der Waals surface area contributed by atoms with Crippen molar-refractivity contribution >= 4 is 44.1 Å². The van der Waals surface area contributed by atoms with Gasteiger partial charge >= 0.3 is 6.11 Å². The maximum Gasteiger partial charge on any atom is 0.454 e. The Morgan fingerprint density at radius 3 is 2.53 bits per heavy atom. The van der Waals surface area contributed by atoms with Crippen LogP contribution in [0.2, 0.25) is 0 Å². The van der Waals surface area contributed by atoms with Gasteiger partial charge in [-0.25, -0.2) is 18.2 Å². The molecule has 2 atom stereocenters. The predicted molar refractivity (Wildman–Crippen MR) is 123 cm³/mol.